The lowest BCUT2D eigenvalue weighted by Gasteiger charge is -2.19. The fraction of sp³-hybridized carbons (Fsp3) is 0.500. The molecule has 0 radical (unpaired) electrons. The fourth-order valence-electron chi connectivity index (χ4n) is 1.96. The minimum atomic E-state index is -3.23. The van der Waals surface area contributed by atoms with Crippen LogP contribution in [0.3, 0.4) is 0 Å². The zero-order chi connectivity index (χ0) is 15.2. The lowest BCUT2D eigenvalue weighted by atomic mass is 9.97. The predicted molar refractivity (Wildman–Crippen MR) is 77.1 cm³/mol. The van der Waals surface area contributed by atoms with E-state index >= 15 is 0 Å². The van der Waals surface area contributed by atoms with Crippen LogP contribution in [0.2, 0.25) is 0 Å². The van der Waals surface area contributed by atoms with Crippen LogP contribution in [0.1, 0.15) is 37.8 Å². The quantitative estimate of drug-likeness (QED) is 0.742. The Balaban J connectivity index is 3.07. The van der Waals surface area contributed by atoms with Gasteiger partial charge in [0.1, 0.15) is 0 Å². The van der Waals surface area contributed by atoms with Gasteiger partial charge in [0.25, 0.3) is 0 Å². The van der Waals surface area contributed by atoms with Gasteiger partial charge >= 0.3 is 13.6 Å². The van der Waals surface area contributed by atoms with Crippen LogP contribution in [0.15, 0.2) is 24.3 Å². The monoisotopic (exact) mass is 300 g/mol. The molecule has 1 aromatic rings. The van der Waals surface area contributed by atoms with Crippen LogP contribution in [-0.4, -0.2) is 24.3 Å². The highest BCUT2D eigenvalue weighted by molar-refractivity contribution is 7.53. The number of aliphatic carboxylic acids is 1. The minimum absolute atomic E-state index is 0.0858. The lowest BCUT2D eigenvalue weighted by molar-refractivity contribution is -0.138. The van der Waals surface area contributed by atoms with E-state index in [0.717, 1.165) is 0 Å². The molecule has 1 aromatic carbocycles. The Hall–Kier alpha value is -1.16. The number of benzene rings is 1. The summed E-state index contributed by atoms with van der Waals surface area (Å²) in [6, 6.07) is 7.05. The van der Waals surface area contributed by atoms with Gasteiger partial charge in [-0.2, -0.15) is 0 Å². The Morgan fingerprint density at radius 1 is 1.25 bits per heavy atom. The number of hydrogen-bond donors (Lipinski definition) is 1. The lowest BCUT2D eigenvalue weighted by Crippen LogP contribution is -2.10. The van der Waals surface area contributed by atoms with E-state index in [-0.39, 0.29) is 19.4 Å². The normalized spacial score (nSPS) is 13.2. The first-order chi connectivity index (χ1) is 9.43. The molecule has 0 fully saturated rings. The molecule has 1 unspecified atom stereocenters. The van der Waals surface area contributed by atoms with Crippen LogP contribution in [-0.2, 0) is 24.6 Å². The summed E-state index contributed by atoms with van der Waals surface area (Å²) in [4.78, 5) is 11.1. The molecule has 0 amide bonds. The molecule has 0 saturated carbocycles. The van der Waals surface area contributed by atoms with E-state index in [1.165, 1.54) is 0 Å². The molecule has 1 N–H and O–H groups in total. The predicted octanol–water partition coefficient (Wildman–Crippen LogP) is 3.64. The second-order valence-corrected chi connectivity index (χ2v) is 6.42. The van der Waals surface area contributed by atoms with Gasteiger partial charge in [-0.05, 0) is 31.9 Å². The summed E-state index contributed by atoms with van der Waals surface area (Å²) < 4.78 is 23.0. The Kier molecular flexibility index (Phi) is 6.40. The maximum atomic E-state index is 12.5. The number of carboxylic acids is 1. The van der Waals surface area contributed by atoms with Gasteiger partial charge in [-0.3, -0.25) is 9.36 Å². The third kappa shape index (κ3) is 4.44. The third-order valence-electron chi connectivity index (χ3n) is 2.91. The minimum Gasteiger partial charge on any atom is -0.481 e. The van der Waals surface area contributed by atoms with Gasteiger partial charge < -0.3 is 14.2 Å². The van der Waals surface area contributed by atoms with E-state index in [1.807, 2.05) is 0 Å². The van der Waals surface area contributed by atoms with Crippen molar-refractivity contribution in [3.63, 3.8) is 0 Å². The first-order valence-corrected chi connectivity index (χ1v) is 8.35. The van der Waals surface area contributed by atoms with Crippen LogP contribution in [0, 0.1) is 0 Å². The molecule has 0 bridgehead atoms. The van der Waals surface area contributed by atoms with E-state index in [4.69, 9.17) is 14.2 Å². The van der Waals surface area contributed by atoms with Gasteiger partial charge in [0.2, 0.25) is 0 Å². The molecule has 0 aliphatic heterocycles. The summed E-state index contributed by atoms with van der Waals surface area (Å²) in [5, 5.41) is 9.13. The van der Waals surface area contributed by atoms with Crippen LogP contribution >= 0.6 is 7.60 Å². The van der Waals surface area contributed by atoms with E-state index < -0.39 is 19.5 Å². The molecular weight excluding hydrogens is 279 g/mol. The van der Waals surface area contributed by atoms with Crippen molar-refractivity contribution in [2.24, 2.45) is 0 Å². The summed E-state index contributed by atoms with van der Waals surface area (Å²) in [6.07, 6.45) is 0.0858. The topological polar surface area (TPSA) is 72.8 Å². The standard InChI is InChI=1S/C14H21O5P/c1-4-18-20(17,19-5-2)10-12-8-6-7-9-13(12)11(3)14(15)16/h6-9,11H,4-5,10H2,1-3H3,(H,15,16). The summed E-state index contributed by atoms with van der Waals surface area (Å²) in [5.74, 6) is -1.58. The van der Waals surface area contributed by atoms with Gasteiger partial charge in [-0.25, -0.2) is 0 Å². The maximum absolute atomic E-state index is 12.5. The molecular formula is C14H21O5P. The SMILES string of the molecule is CCOP(=O)(Cc1ccccc1C(C)C(=O)O)OCC. The van der Waals surface area contributed by atoms with Crippen LogP contribution in [0.25, 0.3) is 0 Å². The molecule has 0 aliphatic rings. The third-order valence-corrected chi connectivity index (χ3v) is 4.94. The molecule has 1 atom stereocenters. The van der Waals surface area contributed by atoms with E-state index in [9.17, 15) is 9.36 Å². The van der Waals surface area contributed by atoms with Crippen molar-refractivity contribution in [2.75, 3.05) is 13.2 Å². The molecule has 0 aromatic heterocycles. The highest BCUT2D eigenvalue weighted by Gasteiger charge is 2.27. The average molecular weight is 300 g/mol. The first kappa shape index (κ1) is 16.9. The van der Waals surface area contributed by atoms with Gasteiger partial charge in [-0.1, -0.05) is 24.3 Å². The Labute approximate surface area is 119 Å². The smallest absolute Gasteiger partial charge is 0.335 e. The van der Waals surface area contributed by atoms with Gasteiger partial charge in [0.15, 0.2) is 0 Å². The number of hydrogen-bond acceptors (Lipinski definition) is 4. The van der Waals surface area contributed by atoms with Crippen LogP contribution < -0.4 is 0 Å². The second kappa shape index (κ2) is 7.58. The summed E-state index contributed by atoms with van der Waals surface area (Å²) in [7, 11) is -3.23. The van der Waals surface area contributed by atoms with Gasteiger partial charge in [-0.15, -0.1) is 0 Å². The fourth-order valence-corrected chi connectivity index (χ4v) is 3.71. The molecule has 20 heavy (non-hydrogen) atoms. The van der Waals surface area contributed by atoms with E-state index in [1.54, 1.807) is 45.0 Å². The van der Waals surface area contributed by atoms with Crippen molar-refractivity contribution in [3.05, 3.63) is 35.4 Å². The first-order valence-electron chi connectivity index (χ1n) is 6.62. The van der Waals surface area contributed by atoms with Crippen molar-refractivity contribution in [1.82, 2.24) is 0 Å². The average Bonchev–Trinajstić information content (AvgIpc) is 2.38. The Morgan fingerprint density at radius 2 is 1.80 bits per heavy atom. The summed E-state index contributed by atoms with van der Waals surface area (Å²) >= 11 is 0. The van der Waals surface area contributed by atoms with E-state index in [0.29, 0.717) is 11.1 Å². The van der Waals surface area contributed by atoms with Crippen LogP contribution in [0.5, 0.6) is 0 Å². The molecule has 0 saturated heterocycles. The molecule has 0 spiro atoms. The zero-order valence-electron chi connectivity index (χ0n) is 12.0. The molecule has 6 heteroatoms. The zero-order valence-corrected chi connectivity index (χ0v) is 12.9. The summed E-state index contributed by atoms with van der Waals surface area (Å²) in [5.41, 5.74) is 1.33. The number of carboxylic acid groups (broad SMARTS) is 1. The molecule has 112 valence electrons. The van der Waals surface area contributed by atoms with Gasteiger partial charge in [0, 0.05) is 0 Å². The van der Waals surface area contributed by atoms with Gasteiger partial charge in [0.05, 0.1) is 25.3 Å². The Morgan fingerprint density at radius 3 is 2.30 bits per heavy atom. The van der Waals surface area contributed by atoms with Crippen molar-refractivity contribution >= 4 is 13.6 Å². The largest absolute Gasteiger partial charge is 0.481 e. The van der Waals surface area contributed by atoms with E-state index in [2.05, 4.69) is 0 Å². The highest BCUT2D eigenvalue weighted by atomic mass is 31.2. The molecule has 5 nitrogen and oxygen atoms in total. The maximum Gasteiger partial charge on any atom is 0.335 e. The molecule has 1 rings (SSSR count). The van der Waals surface area contributed by atoms with Crippen molar-refractivity contribution in [2.45, 2.75) is 32.9 Å². The van der Waals surface area contributed by atoms with Crippen molar-refractivity contribution in [1.29, 1.82) is 0 Å². The van der Waals surface area contributed by atoms with Crippen molar-refractivity contribution in [3.8, 4) is 0 Å². The Bertz CT molecular complexity index is 490. The second-order valence-electron chi connectivity index (χ2n) is 4.36. The number of rotatable bonds is 8. The summed E-state index contributed by atoms with van der Waals surface area (Å²) in [6.45, 7) is 5.67. The van der Waals surface area contributed by atoms with Crippen molar-refractivity contribution < 1.29 is 23.5 Å². The number of carbonyl (C=O) groups is 1. The molecule has 0 heterocycles. The van der Waals surface area contributed by atoms with Crippen LogP contribution in [0.4, 0.5) is 0 Å². The molecule has 0 aliphatic carbocycles. The highest BCUT2D eigenvalue weighted by Crippen LogP contribution is 2.52.